The monoisotopic (exact) mass is 347 g/mol. The number of para-hydroxylation sites is 1. The number of furan rings is 1. The Kier molecular flexibility index (Phi) is 4.68. The summed E-state index contributed by atoms with van der Waals surface area (Å²) < 4.78 is 5.95. The molecule has 21 heavy (non-hydrogen) atoms. The minimum atomic E-state index is -0.181. The van der Waals surface area contributed by atoms with Gasteiger partial charge in [0.15, 0.2) is 4.67 Å². The molecule has 2 rings (SSSR count). The molecule has 0 aliphatic heterocycles. The molecule has 1 aromatic carbocycles. The second-order valence-corrected chi connectivity index (χ2v) is 6.54. The van der Waals surface area contributed by atoms with E-state index in [1.165, 1.54) is 6.08 Å². The number of benzene rings is 1. The molecule has 1 amide bonds. The largest absolute Gasteiger partial charge is 0.450 e. The van der Waals surface area contributed by atoms with Crippen LogP contribution in [-0.4, -0.2) is 5.91 Å². The molecule has 1 heterocycles. The summed E-state index contributed by atoms with van der Waals surface area (Å²) in [6.45, 7) is 6.36. The minimum Gasteiger partial charge on any atom is -0.450 e. The molecule has 0 bridgehead atoms. The first kappa shape index (κ1) is 15.6. The average Bonchev–Trinajstić information content (AvgIpc) is 2.82. The smallest absolute Gasteiger partial charge is 0.248 e. The standard InChI is InChI=1S/C17H18BrNO2/c1-17(2,3)13-6-4-5-7-14(13)19-16(20)11-9-12-8-10-15(18)21-12/h4-11H,1-3H3,(H,19,20)/b11-9+. The first-order valence-corrected chi connectivity index (χ1v) is 7.49. The van der Waals surface area contributed by atoms with Crippen molar-refractivity contribution in [2.75, 3.05) is 5.32 Å². The average molecular weight is 348 g/mol. The van der Waals surface area contributed by atoms with Crippen LogP contribution < -0.4 is 5.32 Å². The van der Waals surface area contributed by atoms with Crippen molar-refractivity contribution in [3.63, 3.8) is 0 Å². The van der Waals surface area contributed by atoms with Gasteiger partial charge in [0.2, 0.25) is 5.91 Å². The van der Waals surface area contributed by atoms with Crippen LogP contribution in [-0.2, 0) is 10.2 Å². The number of halogens is 1. The van der Waals surface area contributed by atoms with Gasteiger partial charge in [-0.1, -0.05) is 39.0 Å². The van der Waals surface area contributed by atoms with Gasteiger partial charge < -0.3 is 9.73 Å². The Labute approximate surface area is 133 Å². The summed E-state index contributed by atoms with van der Waals surface area (Å²) in [5.41, 5.74) is 1.91. The van der Waals surface area contributed by atoms with E-state index in [0.717, 1.165) is 11.3 Å². The molecular formula is C17H18BrNO2. The molecule has 0 unspecified atom stereocenters. The highest BCUT2D eigenvalue weighted by atomic mass is 79.9. The van der Waals surface area contributed by atoms with Crippen molar-refractivity contribution in [3.05, 3.63) is 58.5 Å². The van der Waals surface area contributed by atoms with Gasteiger partial charge in [0.25, 0.3) is 0 Å². The highest BCUT2D eigenvalue weighted by molar-refractivity contribution is 9.10. The van der Waals surface area contributed by atoms with E-state index in [1.54, 1.807) is 18.2 Å². The molecule has 0 spiro atoms. The second kappa shape index (κ2) is 6.31. The molecule has 0 atom stereocenters. The van der Waals surface area contributed by atoms with Gasteiger partial charge in [-0.2, -0.15) is 0 Å². The molecule has 0 fully saturated rings. The third kappa shape index (κ3) is 4.33. The maximum atomic E-state index is 12.0. The second-order valence-electron chi connectivity index (χ2n) is 5.76. The maximum absolute atomic E-state index is 12.0. The summed E-state index contributed by atoms with van der Waals surface area (Å²) in [6.07, 6.45) is 3.10. The van der Waals surface area contributed by atoms with Gasteiger partial charge in [-0.3, -0.25) is 4.79 Å². The molecule has 1 aromatic heterocycles. The lowest BCUT2D eigenvalue weighted by atomic mass is 9.86. The van der Waals surface area contributed by atoms with Gasteiger partial charge in [-0.05, 0) is 51.2 Å². The topological polar surface area (TPSA) is 42.2 Å². The molecule has 0 saturated heterocycles. The zero-order valence-corrected chi connectivity index (χ0v) is 13.9. The van der Waals surface area contributed by atoms with E-state index in [9.17, 15) is 4.79 Å². The van der Waals surface area contributed by atoms with Crippen LogP contribution in [0.15, 0.2) is 51.6 Å². The Balaban J connectivity index is 2.12. The van der Waals surface area contributed by atoms with Crippen LogP contribution in [0.25, 0.3) is 6.08 Å². The Hall–Kier alpha value is -1.81. The van der Waals surface area contributed by atoms with E-state index in [4.69, 9.17) is 4.42 Å². The Morgan fingerprint density at radius 2 is 1.90 bits per heavy atom. The van der Waals surface area contributed by atoms with E-state index >= 15 is 0 Å². The summed E-state index contributed by atoms with van der Waals surface area (Å²) in [5, 5.41) is 2.91. The van der Waals surface area contributed by atoms with Crippen molar-refractivity contribution in [2.45, 2.75) is 26.2 Å². The summed E-state index contributed by atoms with van der Waals surface area (Å²) in [5.74, 6) is 0.445. The van der Waals surface area contributed by atoms with Crippen LogP contribution in [0.5, 0.6) is 0 Å². The highest BCUT2D eigenvalue weighted by Crippen LogP contribution is 2.29. The number of carbonyl (C=O) groups excluding carboxylic acids is 1. The van der Waals surface area contributed by atoms with E-state index in [-0.39, 0.29) is 11.3 Å². The Bertz CT molecular complexity index is 665. The van der Waals surface area contributed by atoms with Crippen LogP contribution in [0.2, 0.25) is 0 Å². The lowest BCUT2D eigenvalue weighted by Gasteiger charge is -2.22. The zero-order chi connectivity index (χ0) is 15.5. The van der Waals surface area contributed by atoms with Gasteiger partial charge in [0, 0.05) is 11.8 Å². The fourth-order valence-electron chi connectivity index (χ4n) is 2.00. The van der Waals surface area contributed by atoms with Crippen molar-refractivity contribution < 1.29 is 9.21 Å². The normalized spacial score (nSPS) is 11.8. The molecule has 0 aliphatic rings. The lowest BCUT2D eigenvalue weighted by Crippen LogP contribution is -2.17. The van der Waals surface area contributed by atoms with E-state index in [1.807, 2.05) is 24.3 Å². The zero-order valence-electron chi connectivity index (χ0n) is 12.3. The number of hydrogen-bond acceptors (Lipinski definition) is 2. The molecule has 3 nitrogen and oxygen atoms in total. The highest BCUT2D eigenvalue weighted by Gasteiger charge is 2.17. The van der Waals surface area contributed by atoms with Crippen LogP contribution >= 0.6 is 15.9 Å². The van der Waals surface area contributed by atoms with Crippen molar-refractivity contribution >= 4 is 33.6 Å². The Morgan fingerprint density at radius 3 is 2.52 bits per heavy atom. The molecular weight excluding hydrogens is 330 g/mol. The number of nitrogens with one attached hydrogen (secondary N) is 1. The van der Waals surface area contributed by atoms with E-state index in [2.05, 4.69) is 42.0 Å². The predicted molar refractivity (Wildman–Crippen MR) is 89.2 cm³/mol. The summed E-state index contributed by atoms with van der Waals surface area (Å²) >= 11 is 3.22. The molecule has 0 saturated carbocycles. The number of amides is 1. The Morgan fingerprint density at radius 1 is 1.19 bits per heavy atom. The van der Waals surface area contributed by atoms with Crippen molar-refractivity contribution in [2.24, 2.45) is 0 Å². The minimum absolute atomic E-state index is 0.0283. The van der Waals surface area contributed by atoms with Crippen molar-refractivity contribution in [1.82, 2.24) is 0 Å². The van der Waals surface area contributed by atoms with Gasteiger partial charge in [-0.25, -0.2) is 0 Å². The molecule has 1 N–H and O–H groups in total. The third-order valence-electron chi connectivity index (χ3n) is 2.99. The van der Waals surface area contributed by atoms with Crippen molar-refractivity contribution in [1.29, 1.82) is 0 Å². The predicted octanol–water partition coefficient (Wildman–Crippen LogP) is 4.99. The SMILES string of the molecule is CC(C)(C)c1ccccc1NC(=O)/C=C/c1ccc(Br)o1. The van der Waals surface area contributed by atoms with Crippen molar-refractivity contribution in [3.8, 4) is 0 Å². The van der Waals surface area contributed by atoms with Crippen LogP contribution in [0.4, 0.5) is 5.69 Å². The fourth-order valence-corrected chi connectivity index (χ4v) is 2.32. The number of carbonyl (C=O) groups is 1. The fraction of sp³-hybridized carbons (Fsp3) is 0.235. The summed E-state index contributed by atoms with van der Waals surface area (Å²) in [4.78, 5) is 12.0. The third-order valence-corrected chi connectivity index (χ3v) is 3.41. The first-order valence-electron chi connectivity index (χ1n) is 6.70. The van der Waals surface area contributed by atoms with Crippen LogP contribution in [0, 0.1) is 0 Å². The van der Waals surface area contributed by atoms with E-state index < -0.39 is 0 Å². The summed E-state index contributed by atoms with van der Waals surface area (Å²) in [6, 6.07) is 11.4. The number of hydrogen-bond donors (Lipinski definition) is 1. The molecule has 2 aromatic rings. The van der Waals surface area contributed by atoms with Crippen LogP contribution in [0.1, 0.15) is 32.1 Å². The summed E-state index contributed by atoms with van der Waals surface area (Å²) in [7, 11) is 0. The molecule has 110 valence electrons. The molecule has 0 radical (unpaired) electrons. The number of anilines is 1. The van der Waals surface area contributed by atoms with Gasteiger partial charge >= 0.3 is 0 Å². The van der Waals surface area contributed by atoms with E-state index in [0.29, 0.717) is 10.4 Å². The first-order chi connectivity index (χ1) is 9.86. The quantitative estimate of drug-likeness (QED) is 0.794. The van der Waals surface area contributed by atoms with Gasteiger partial charge in [0.05, 0.1) is 0 Å². The van der Waals surface area contributed by atoms with Gasteiger partial charge in [-0.15, -0.1) is 0 Å². The molecule has 0 aliphatic carbocycles. The molecule has 4 heteroatoms. The van der Waals surface area contributed by atoms with Crippen LogP contribution in [0.3, 0.4) is 0 Å². The maximum Gasteiger partial charge on any atom is 0.248 e. The number of rotatable bonds is 3. The van der Waals surface area contributed by atoms with Gasteiger partial charge in [0.1, 0.15) is 5.76 Å². The lowest BCUT2D eigenvalue weighted by molar-refractivity contribution is -0.111.